The van der Waals surface area contributed by atoms with Crippen molar-refractivity contribution >= 4 is 18.5 Å². The van der Waals surface area contributed by atoms with E-state index in [4.69, 9.17) is 17.9 Å². The average molecular weight is 248 g/mol. The van der Waals surface area contributed by atoms with Gasteiger partial charge in [-0.3, -0.25) is 5.43 Å². The van der Waals surface area contributed by atoms with Crippen molar-refractivity contribution in [2.75, 3.05) is 27.2 Å². The van der Waals surface area contributed by atoms with Crippen LogP contribution in [0.25, 0.3) is 0 Å². The molecule has 16 heavy (non-hydrogen) atoms. The van der Waals surface area contributed by atoms with Gasteiger partial charge in [0.25, 0.3) is 5.90 Å². The molecule has 3 unspecified atom stereocenters. The Hall–Kier alpha value is -0.500. The van der Waals surface area contributed by atoms with Crippen LogP contribution in [0.15, 0.2) is 5.10 Å². The molecule has 3 N–H and O–H groups in total. The third-order valence-electron chi connectivity index (χ3n) is 2.71. The Bertz CT molecular complexity index is 250. The lowest BCUT2D eigenvalue weighted by atomic mass is 10.2. The summed E-state index contributed by atoms with van der Waals surface area (Å²) in [5.74, 6) is 0.294. The highest BCUT2D eigenvalue weighted by atomic mass is 32.1. The molecule has 0 saturated heterocycles. The molecule has 1 aliphatic rings. The van der Waals surface area contributed by atoms with Crippen LogP contribution >= 0.6 is 0 Å². The lowest BCUT2D eigenvalue weighted by molar-refractivity contribution is -0.934. The molecule has 7 heteroatoms. The minimum Gasteiger partial charge on any atom is -0.703 e. The summed E-state index contributed by atoms with van der Waals surface area (Å²) in [6.07, 6.45) is 0.583. The molecule has 0 aromatic rings. The summed E-state index contributed by atoms with van der Waals surface area (Å²) in [4.78, 5) is 7.54. The maximum atomic E-state index is 8.60. The summed E-state index contributed by atoms with van der Waals surface area (Å²) in [5, 5.41) is 12.5. The third-order valence-corrected chi connectivity index (χ3v) is 3.12. The number of nitrogens with one attached hydrogen (secondary N) is 2. The summed E-state index contributed by atoms with van der Waals surface area (Å²) in [6.45, 7) is 3.97. The molecular weight excluding hydrogens is 228 g/mol. The van der Waals surface area contributed by atoms with Crippen molar-refractivity contribution < 1.29 is 15.0 Å². The first-order chi connectivity index (χ1) is 7.54. The van der Waals surface area contributed by atoms with Gasteiger partial charge in [0.2, 0.25) is 0 Å². The van der Waals surface area contributed by atoms with Gasteiger partial charge in [-0.2, -0.15) is 0 Å². The first-order valence-electron chi connectivity index (χ1n) is 5.34. The van der Waals surface area contributed by atoms with E-state index < -0.39 is 0 Å². The second-order valence-electron chi connectivity index (χ2n) is 4.34. The van der Waals surface area contributed by atoms with E-state index in [1.807, 2.05) is 14.1 Å². The fraction of sp³-hybridized carbons (Fsp3) is 0.889. The summed E-state index contributed by atoms with van der Waals surface area (Å²) >= 11 is 5.32. The van der Waals surface area contributed by atoms with Crippen LogP contribution in [0.3, 0.4) is 0 Å². The maximum absolute atomic E-state index is 8.60. The Kier molecular flexibility index (Phi) is 5.33. The fourth-order valence-corrected chi connectivity index (χ4v) is 2.10. The average Bonchev–Trinajstić information content (AvgIpc) is 2.35. The Morgan fingerprint density at radius 1 is 1.69 bits per heavy atom. The summed E-state index contributed by atoms with van der Waals surface area (Å²) in [5.41, 5.74) is 2.62. The maximum Gasteiger partial charge on any atom is 0.254 e. The molecule has 0 aromatic carbocycles. The van der Waals surface area contributed by atoms with Gasteiger partial charge in [-0.05, 0) is 21.0 Å². The molecule has 0 amide bonds. The SMILES string of the molecule is CC1CC(OO)=NNC([S-])[NH+]1CCN(C)C. The van der Waals surface area contributed by atoms with Crippen LogP contribution in [0.5, 0.6) is 0 Å². The van der Waals surface area contributed by atoms with E-state index in [0.29, 0.717) is 12.3 Å². The molecule has 1 heterocycles. The van der Waals surface area contributed by atoms with Crippen LogP contribution in [0.4, 0.5) is 0 Å². The van der Waals surface area contributed by atoms with Crippen molar-refractivity contribution in [3.63, 3.8) is 0 Å². The number of likely N-dealkylation sites (N-methyl/N-ethyl adjacent to an activating group) is 1. The molecule has 0 fully saturated rings. The molecule has 0 aliphatic carbocycles. The molecule has 3 atom stereocenters. The second-order valence-corrected chi connectivity index (χ2v) is 4.81. The number of rotatable bonds is 3. The molecule has 6 nitrogen and oxygen atoms in total. The smallest absolute Gasteiger partial charge is 0.254 e. The Morgan fingerprint density at radius 2 is 2.38 bits per heavy atom. The van der Waals surface area contributed by atoms with Crippen LogP contribution in [0.1, 0.15) is 13.3 Å². The van der Waals surface area contributed by atoms with Gasteiger partial charge in [0.15, 0.2) is 0 Å². The highest BCUT2D eigenvalue weighted by Crippen LogP contribution is 1.96. The molecule has 0 saturated carbocycles. The van der Waals surface area contributed by atoms with Crippen molar-refractivity contribution in [1.29, 1.82) is 0 Å². The zero-order chi connectivity index (χ0) is 12.1. The second kappa shape index (κ2) is 6.29. The fourth-order valence-electron chi connectivity index (χ4n) is 1.70. The van der Waals surface area contributed by atoms with Gasteiger partial charge >= 0.3 is 0 Å². The van der Waals surface area contributed by atoms with E-state index in [-0.39, 0.29) is 11.5 Å². The van der Waals surface area contributed by atoms with E-state index >= 15 is 0 Å². The van der Waals surface area contributed by atoms with Gasteiger partial charge in [0, 0.05) is 6.54 Å². The van der Waals surface area contributed by atoms with Crippen LogP contribution < -0.4 is 10.3 Å². The molecule has 0 aromatic heterocycles. The van der Waals surface area contributed by atoms with Crippen LogP contribution in [0.2, 0.25) is 0 Å². The first kappa shape index (κ1) is 13.6. The number of quaternary nitrogens is 1. The number of hydrogen-bond acceptors (Lipinski definition) is 6. The quantitative estimate of drug-likeness (QED) is 0.321. The van der Waals surface area contributed by atoms with Crippen molar-refractivity contribution in [3.8, 4) is 0 Å². The predicted octanol–water partition coefficient (Wildman–Crippen LogP) is -1.55. The number of nitrogens with zero attached hydrogens (tertiary/aromatic N) is 2. The van der Waals surface area contributed by atoms with Crippen LogP contribution in [0, 0.1) is 0 Å². The van der Waals surface area contributed by atoms with Crippen molar-refractivity contribution in [1.82, 2.24) is 10.3 Å². The van der Waals surface area contributed by atoms with Crippen LogP contribution in [-0.2, 0) is 17.5 Å². The first-order valence-corrected chi connectivity index (χ1v) is 5.81. The Labute approximate surface area is 102 Å². The standard InChI is InChI=1S/C9H20N4O2S/c1-7-6-8(15-14)10-11-9(16)13(7)5-4-12(2)3/h7,9,11,14,16H,4-6H2,1-3H3. The van der Waals surface area contributed by atoms with Gasteiger partial charge in [-0.1, -0.05) is 0 Å². The zero-order valence-electron chi connectivity index (χ0n) is 9.93. The summed E-state index contributed by atoms with van der Waals surface area (Å²) < 4.78 is 0. The lowest BCUT2D eigenvalue weighted by Crippen LogP contribution is -3.20. The molecule has 1 rings (SSSR count). The van der Waals surface area contributed by atoms with Gasteiger partial charge in [-0.15, -0.1) is 5.10 Å². The van der Waals surface area contributed by atoms with E-state index in [0.717, 1.165) is 13.1 Å². The normalized spacial score (nSPS) is 30.6. The Morgan fingerprint density at radius 3 is 2.94 bits per heavy atom. The minimum absolute atomic E-state index is 0.192. The van der Waals surface area contributed by atoms with Crippen molar-refractivity contribution in [2.45, 2.75) is 24.9 Å². The van der Waals surface area contributed by atoms with Gasteiger partial charge < -0.3 is 27.3 Å². The van der Waals surface area contributed by atoms with E-state index in [1.54, 1.807) is 0 Å². The monoisotopic (exact) mass is 248 g/mol. The highest BCUT2D eigenvalue weighted by molar-refractivity contribution is 7.59. The molecule has 0 bridgehead atoms. The molecule has 94 valence electrons. The zero-order valence-corrected chi connectivity index (χ0v) is 10.8. The van der Waals surface area contributed by atoms with Crippen molar-refractivity contribution in [2.24, 2.45) is 5.10 Å². The van der Waals surface area contributed by atoms with Crippen molar-refractivity contribution in [3.05, 3.63) is 0 Å². The van der Waals surface area contributed by atoms with Gasteiger partial charge in [0.1, 0.15) is 0 Å². The largest absolute Gasteiger partial charge is 0.703 e. The van der Waals surface area contributed by atoms with E-state index in [1.165, 1.54) is 4.90 Å². The summed E-state index contributed by atoms with van der Waals surface area (Å²) in [6, 6.07) is 0.267. The third kappa shape index (κ3) is 3.82. The molecule has 1 aliphatic heterocycles. The molecular formula is C9H20N4O2S. The number of hydrazone groups is 1. The predicted molar refractivity (Wildman–Crippen MR) is 63.9 cm³/mol. The topological polar surface area (TPSA) is 61.5 Å². The van der Waals surface area contributed by atoms with Gasteiger partial charge in [-0.25, -0.2) is 5.26 Å². The molecule has 0 spiro atoms. The lowest BCUT2D eigenvalue weighted by Gasteiger charge is -2.35. The minimum atomic E-state index is -0.192. The Balaban J connectivity index is 2.57. The van der Waals surface area contributed by atoms with Gasteiger partial charge in [0.05, 0.1) is 24.5 Å². The van der Waals surface area contributed by atoms with Crippen LogP contribution in [-0.4, -0.2) is 54.8 Å². The highest BCUT2D eigenvalue weighted by Gasteiger charge is 2.25. The van der Waals surface area contributed by atoms with E-state index in [9.17, 15) is 0 Å². The summed E-state index contributed by atoms with van der Waals surface area (Å²) in [7, 11) is 4.07. The number of hydrogen-bond donors (Lipinski definition) is 3. The van der Waals surface area contributed by atoms with E-state index in [2.05, 4.69) is 27.2 Å². The molecule has 0 radical (unpaired) electrons.